The summed E-state index contributed by atoms with van der Waals surface area (Å²) in [6.07, 6.45) is 3.29. The molecule has 0 spiro atoms. The van der Waals surface area contributed by atoms with E-state index in [-0.39, 0.29) is 15.9 Å². The van der Waals surface area contributed by atoms with Gasteiger partial charge in [-0.25, -0.2) is 0 Å². The van der Waals surface area contributed by atoms with Gasteiger partial charge in [-0.1, -0.05) is 13.8 Å². The molecule has 0 aromatic carbocycles. The first-order valence-electron chi connectivity index (χ1n) is 6.13. The zero-order chi connectivity index (χ0) is 13.0. The van der Waals surface area contributed by atoms with Gasteiger partial charge in [-0.15, -0.1) is 0 Å². The van der Waals surface area contributed by atoms with Crippen LogP contribution < -0.4 is 0 Å². The molecule has 2 unspecified atom stereocenters. The van der Waals surface area contributed by atoms with Crippen LogP contribution in [-0.2, 0) is 11.4 Å². The third kappa shape index (κ3) is 17.3. The van der Waals surface area contributed by atoms with Gasteiger partial charge in [-0.3, -0.25) is 0 Å². The third-order valence-electron chi connectivity index (χ3n) is 2.20. The highest BCUT2D eigenvalue weighted by Crippen LogP contribution is 1.98. The van der Waals surface area contributed by atoms with E-state index in [0.717, 1.165) is 29.5 Å². The zero-order valence-corrected chi connectivity index (χ0v) is 15.1. The van der Waals surface area contributed by atoms with Crippen molar-refractivity contribution >= 4 is 32.5 Å². The summed E-state index contributed by atoms with van der Waals surface area (Å²) in [7, 11) is 0. The van der Waals surface area contributed by atoms with Crippen LogP contribution in [0, 0.1) is 0 Å². The highest BCUT2D eigenvalue weighted by atomic mass is 27.2. The van der Waals surface area contributed by atoms with Gasteiger partial charge in [-0.2, -0.15) is 0 Å². The minimum Gasteiger partial charge on any atom is -0.504 e. The maximum atomic E-state index is 5.42. The van der Waals surface area contributed by atoms with Crippen molar-refractivity contribution in [1.29, 1.82) is 0 Å². The van der Waals surface area contributed by atoms with E-state index < -0.39 is 0 Å². The predicted molar refractivity (Wildman–Crippen MR) is 72.2 cm³/mol. The second-order valence-corrected chi connectivity index (χ2v) is 5.30. The van der Waals surface area contributed by atoms with Crippen molar-refractivity contribution in [3.05, 3.63) is 0 Å². The quantitative estimate of drug-likeness (QED) is 0.657. The molecular weight excluding hydrogens is 234 g/mol. The van der Waals surface area contributed by atoms with Crippen molar-refractivity contribution < 1.29 is 11.4 Å². The average molecular weight is 261 g/mol. The summed E-state index contributed by atoms with van der Waals surface area (Å²) in [5, 5.41) is 0. The maximum absolute atomic E-state index is 5.42. The Morgan fingerprint density at radius 1 is 0.938 bits per heavy atom. The molecule has 95 valence electrons. The Balaban J connectivity index is 0. The Hall–Kier alpha value is 0.945. The van der Waals surface area contributed by atoms with Crippen molar-refractivity contribution in [1.82, 2.24) is 0 Å². The molecule has 16 heavy (non-hydrogen) atoms. The largest absolute Gasteiger partial charge is 0.668 e. The summed E-state index contributed by atoms with van der Waals surface area (Å²) < 4.78 is 15.7. The molecule has 0 saturated heterocycles. The molecule has 0 rings (SSSR count). The smallest absolute Gasteiger partial charge is 0.504 e. The Labute approximate surface area is 116 Å². The van der Waals surface area contributed by atoms with Crippen molar-refractivity contribution in [2.75, 3.05) is 0 Å². The second-order valence-electron chi connectivity index (χ2n) is 4.09. The predicted octanol–water partition coefficient (Wildman–Crippen LogP) is 2.11. The van der Waals surface area contributed by atoms with Crippen LogP contribution in [0.1, 0.15) is 54.4 Å². The fraction of sp³-hybridized carbons (Fsp3) is 1.00. The van der Waals surface area contributed by atoms with Crippen LogP contribution in [0.3, 0.4) is 0 Å². The van der Waals surface area contributed by atoms with E-state index in [2.05, 4.69) is 27.7 Å². The SMILES string of the molecule is CC(C)[O][AlH2].CCC(C)[O][Al][O]C(C)CC. The van der Waals surface area contributed by atoms with Crippen LogP contribution in [0.2, 0.25) is 0 Å². The molecule has 0 aliphatic rings. The lowest BCUT2D eigenvalue weighted by Crippen LogP contribution is -2.17. The fourth-order valence-corrected chi connectivity index (χ4v) is 1.24. The Kier molecular flexibility index (Phi) is 16.9. The van der Waals surface area contributed by atoms with Crippen molar-refractivity contribution in [2.24, 2.45) is 0 Å². The molecule has 5 heteroatoms. The summed E-state index contributed by atoms with van der Waals surface area (Å²) >= 11 is 0.624. The molecule has 0 amide bonds. The van der Waals surface area contributed by atoms with Gasteiger partial charge in [0, 0.05) is 18.3 Å². The van der Waals surface area contributed by atoms with Crippen LogP contribution in [0.5, 0.6) is 0 Å². The highest BCUT2D eigenvalue weighted by Gasteiger charge is 2.06. The number of hydrogen-bond acceptors (Lipinski definition) is 3. The fourth-order valence-electron chi connectivity index (χ4n) is 0.414. The van der Waals surface area contributed by atoms with Crippen molar-refractivity contribution in [3.8, 4) is 0 Å². The van der Waals surface area contributed by atoms with Crippen LogP contribution in [0.25, 0.3) is 0 Å². The molecule has 0 N–H and O–H groups in total. The summed E-state index contributed by atoms with van der Waals surface area (Å²) in [6, 6.07) is 0. The zero-order valence-electron chi connectivity index (χ0n) is 11.9. The van der Waals surface area contributed by atoms with Crippen molar-refractivity contribution in [2.45, 2.75) is 72.7 Å². The first kappa shape index (κ1) is 19.3. The lowest BCUT2D eigenvalue weighted by molar-refractivity contribution is 0.131. The minimum absolute atomic E-state index is 0.250. The molecule has 0 aliphatic carbocycles. The summed E-state index contributed by atoms with van der Waals surface area (Å²) in [6.45, 7) is 12.5. The summed E-state index contributed by atoms with van der Waals surface area (Å²) in [5.41, 5.74) is 0. The molecule has 0 heterocycles. The third-order valence-corrected chi connectivity index (χ3v) is 4.29. The van der Waals surface area contributed by atoms with E-state index in [1.807, 2.05) is 13.8 Å². The molecule has 1 radical (unpaired) electrons. The Bertz CT molecular complexity index is 124. The van der Waals surface area contributed by atoms with E-state index in [0.29, 0.717) is 18.3 Å². The molecular formula is C11H27Al2O3. The lowest BCUT2D eigenvalue weighted by Gasteiger charge is -2.13. The molecule has 0 fully saturated rings. The van der Waals surface area contributed by atoms with E-state index in [1.165, 1.54) is 0 Å². The van der Waals surface area contributed by atoms with Crippen LogP contribution in [-0.4, -0.2) is 50.8 Å². The maximum Gasteiger partial charge on any atom is 0.668 e. The minimum atomic E-state index is -0.250. The first-order chi connectivity index (χ1) is 7.47. The van der Waals surface area contributed by atoms with E-state index in [4.69, 9.17) is 11.4 Å². The number of rotatable bonds is 7. The standard InChI is InChI=1S/2C4H9O.C3H7O.2Al.2H/c2*1-3-4(2)5;1-3(2)4;;;;/h2*4H,3H2,1-2H3;3H,1-2H3;;;;/q3*-1;+1;+2;;. The monoisotopic (exact) mass is 261 g/mol. The van der Waals surface area contributed by atoms with Gasteiger partial charge >= 0.3 is 32.5 Å². The highest BCUT2D eigenvalue weighted by molar-refractivity contribution is 6.18. The summed E-state index contributed by atoms with van der Waals surface area (Å²) in [5.74, 6) is 0. The van der Waals surface area contributed by atoms with Gasteiger partial charge in [0.25, 0.3) is 0 Å². The van der Waals surface area contributed by atoms with E-state index >= 15 is 0 Å². The van der Waals surface area contributed by atoms with E-state index in [1.54, 1.807) is 0 Å². The van der Waals surface area contributed by atoms with Gasteiger partial charge in [-0.05, 0) is 40.5 Å². The first-order valence-corrected chi connectivity index (χ1v) is 7.89. The van der Waals surface area contributed by atoms with Crippen LogP contribution >= 0.6 is 0 Å². The molecule has 0 aromatic heterocycles. The van der Waals surface area contributed by atoms with E-state index in [9.17, 15) is 0 Å². The normalized spacial score (nSPS) is 13.9. The second kappa shape index (κ2) is 14.0. The van der Waals surface area contributed by atoms with Gasteiger partial charge in [0.1, 0.15) is 0 Å². The van der Waals surface area contributed by atoms with Gasteiger partial charge in [0.15, 0.2) is 0 Å². The molecule has 0 bridgehead atoms. The molecule has 0 aliphatic heterocycles. The van der Waals surface area contributed by atoms with Crippen LogP contribution in [0.15, 0.2) is 0 Å². The molecule has 0 aromatic rings. The molecule has 2 atom stereocenters. The topological polar surface area (TPSA) is 27.7 Å². The lowest BCUT2D eigenvalue weighted by atomic mass is 10.3. The molecule has 0 saturated carbocycles. The van der Waals surface area contributed by atoms with Gasteiger partial charge in [0.2, 0.25) is 0 Å². The summed E-state index contributed by atoms with van der Waals surface area (Å²) in [4.78, 5) is 0. The van der Waals surface area contributed by atoms with Crippen LogP contribution in [0.4, 0.5) is 0 Å². The van der Waals surface area contributed by atoms with Gasteiger partial charge < -0.3 is 11.4 Å². The Morgan fingerprint density at radius 2 is 1.25 bits per heavy atom. The van der Waals surface area contributed by atoms with Crippen molar-refractivity contribution in [3.63, 3.8) is 0 Å². The van der Waals surface area contributed by atoms with Gasteiger partial charge in [0.05, 0.1) is 0 Å². The molecule has 3 nitrogen and oxygen atoms in total. The Morgan fingerprint density at radius 3 is 1.44 bits per heavy atom. The average Bonchev–Trinajstić information content (AvgIpc) is 2.29. The number of hydrogen-bond donors (Lipinski definition) is 0.